The van der Waals surface area contributed by atoms with Gasteiger partial charge in [-0.1, -0.05) is 63.9 Å². The van der Waals surface area contributed by atoms with Crippen molar-refractivity contribution in [2.45, 2.75) is 18.6 Å². The van der Waals surface area contributed by atoms with Crippen LogP contribution in [0.1, 0.15) is 17.2 Å². The molecule has 0 aliphatic carbocycles. The van der Waals surface area contributed by atoms with Gasteiger partial charge in [-0.05, 0) is 23.3 Å². The highest BCUT2D eigenvalue weighted by molar-refractivity contribution is 9.10. The zero-order valence-electron chi connectivity index (χ0n) is 10.3. The molecule has 0 saturated carbocycles. The molecule has 0 heterocycles. The molecule has 100 valence electrons. The average molecular weight is 341 g/mol. The Hall–Kier alpha value is -0.870. The molecule has 0 fully saturated rings. The van der Waals surface area contributed by atoms with E-state index in [-0.39, 0.29) is 0 Å². The number of benzene rings is 2. The van der Waals surface area contributed by atoms with Gasteiger partial charge in [-0.2, -0.15) is 0 Å². The molecule has 0 amide bonds. The molecule has 0 bridgehead atoms. The molecular weight excluding hydrogens is 326 g/mol. The van der Waals surface area contributed by atoms with Crippen LogP contribution in [-0.2, 0) is 6.42 Å². The van der Waals surface area contributed by atoms with E-state index in [2.05, 4.69) is 15.9 Å². The van der Waals surface area contributed by atoms with Crippen molar-refractivity contribution in [2.75, 3.05) is 0 Å². The molecule has 19 heavy (non-hydrogen) atoms. The number of nitrogens with two attached hydrogens (primary N) is 1. The highest BCUT2D eigenvalue weighted by Crippen LogP contribution is 2.28. The first-order chi connectivity index (χ1) is 9.08. The Morgan fingerprint density at radius 2 is 1.84 bits per heavy atom. The molecule has 2 rings (SSSR count). The monoisotopic (exact) mass is 339 g/mol. The van der Waals surface area contributed by atoms with E-state index in [0.717, 1.165) is 15.6 Å². The molecule has 3 N–H and O–H groups in total. The normalized spacial score (nSPS) is 14.1. The largest absolute Gasteiger partial charge is 0.391 e. The van der Waals surface area contributed by atoms with Gasteiger partial charge < -0.3 is 10.8 Å². The summed E-state index contributed by atoms with van der Waals surface area (Å²) in [4.78, 5) is 0. The van der Waals surface area contributed by atoms with Crippen LogP contribution in [-0.4, -0.2) is 11.2 Å². The van der Waals surface area contributed by atoms with E-state index >= 15 is 0 Å². The van der Waals surface area contributed by atoms with Gasteiger partial charge in [-0.3, -0.25) is 0 Å². The fraction of sp³-hybridized carbons (Fsp3) is 0.200. The Morgan fingerprint density at radius 1 is 1.16 bits per heavy atom. The zero-order valence-corrected chi connectivity index (χ0v) is 12.6. The lowest BCUT2D eigenvalue weighted by molar-refractivity contribution is 0.145. The third-order valence-corrected chi connectivity index (χ3v) is 3.95. The number of rotatable bonds is 4. The number of hydrogen-bond donors (Lipinski definition) is 2. The van der Waals surface area contributed by atoms with Gasteiger partial charge in [0, 0.05) is 15.9 Å². The molecule has 0 saturated heterocycles. The summed E-state index contributed by atoms with van der Waals surface area (Å²) < 4.78 is 0.819. The molecule has 2 nitrogen and oxygen atoms in total. The standard InChI is InChI=1S/C15H15BrClNO/c16-13-9-11(17)6-7-12(13)15(18)14(19)8-10-4-2-1-3-5-10/h1-7,9,14-15,19H,8,18H2/t14-,15+/m0/s1. The molecule has 0 aliphatic heterocycles. The average Bonchev–Trinajstić information content (AvgIpc) is 2.39. The van der Waals surface area contributed by atoms with Gasteiger partial charge in [0.05, 0.1) is 12.1 Å². The minimum atomic E-state index is -0.639. The maximum Gasteiger partial charge on any atom is 0.0773 e. The van der Waals surface area contributed by atoms with Crippen molar-refractivity contribution in [3.05, 3.63) is 69.2 Å². The van der Waals surface area contributed by atoms with Crippen LogP contribution in [0.5, 0.6) is 0 Å². The van der Waals surface area contributed by atoms with Crippen molar-refractivity contribution in [3.63, 3.8) is 0 Å². The summed E-state index contributed by atoms with van der Waals surface area (Å²) in [7, 11) is 0. The Morgan fingerprint density at radius 3 is 2.47 bits per heavy atom. The quantitative estimate of drug-likeness (QED) is 0.891. The van der Waals surface area contributed by atoms with E-state index in [4.69, 9.17) is 17.3 Å². The fourth-order valence-electron chi connectivity index (χ4n) is 1.96. The van der Waals surface area contributed by atoms with Crippen LogP contribution in [0.3, 0.4) is 0 Å². The Balaban J connectivity index is 2.12. The van der Waals surface area contributed by atoms with E-state index in [9.17, 15) is 5.11 Å². The first-order valence-electron chi connectivity index (χ1n) is 6.00. The maximum absolute atomic E-state index is 10.2. The summed E-state index contributed by atoms with van der Waals surface area (Å²) in [6.45, 7) is 0. The topological polar surface area (TPSA) is 46.2 Å². The maximum atomic E-state index is 10.2. The molecule has 0 unspecified atom stereocenters. The number of aliphatic hydroxyl groups excluding tert-OH is 1. The predicted octanol–water partition coefficient (Wildman–Crippen LogP) is 3.71. The smallest absolute Gasteiger partial charge is 0.0773 e. The second-order valence-corrected chi connectivity index (χ2v) is 5.74. The van der Waals surface area contributed by atoms with E-state index < -0.39 is 12.1 Å². The summed E-state index contributed by atoms with van der Waals surface area (Å²) in [5.41, 5.74) is 8.03. The Bertz CT molecular complexity index is 547. The van der Waals surface area contributed by atoms with Crippen LogP contribution < -0.4 is 5.73 Å². The first kappa shape index (κ1) is 14.5. The molecular formula is C15H15BrClNO. The molecule has 0 radical (unpaired) electrons. The van der Waals surface area contributed by atoms with Gasteiger partial charge in [0.1, 0.15) is 0 Å². The highest BCUT2D eigenvalue weighted by atomic mass is 79.9. The van der Waals surface area contributed by atoms with Crippen molar-refractivity contribution in [2.24, 2.45) is 5.73 Å². The number of hydrogen-bond acceptors (Lipinski definition) is 2. The second kappa shape index (κ2) is 6.53. The van der Waals surface area contributed by atoms with Gasteiger partial charge >= 0.3 is 0 Å². The van der Waals surface area contributed by atoms with Crippen molar-refractivity contribution < 1.29 is 5.11 Å². The van der Waals surface area contributed by atoms with Crippen molar-refractivity contribution in [1.29, 1.82) is 0 Å². The van der Waals surface area contributed by atoms with Gasteiger partial charge in [-0.15, -0.1) is 0 Å². The van der Waals surface area contributed by atoms with Gasteiger partial charge in [0.15, 0.2) is 0 Å². The summed E-state index contributed by atoms with van der Waals surface area (Å²) >= 11 is 9.32. The minimum absolute atomic E-state index is 0.452. The summed E-state index contributed by atoms with van der Waals surface area (Å²) in [6, 6.07) is 14.8. The molecule has 4 heteroatoms. The van der Waals surface area contributed by atoms with Crippen molar-refractivity contribution in [1.82, 2.24) is 0 Å². The van der Waals surface area contributed by atoms with Crippen LogP contribution >= 0.6 is 27.5 Å². The van der Waals surface area contributed by atoms with Crippen LogP contribution in [0.25, 0.3) is 0 Å². The van der Waals surface area contributed by atoms with Crippen LogP contribution in [0, 0.1) is 0 Å². The summed E-state index contributed by atoms with van der Waals surface area (Å²) in [5.74, 6) is 0. The third-order valence-electron chi connectivity index (χ3n) is 3.02. The Labute approximate surface area is 126 Å². The van der Waals surface area contributed by atoms with E-state index in [0.29, 0.717) is 11.4 Å². The molecule has 0 aliphatic rings. The fourth-order valence-corrected chi connectivity index (χ4v) is 2.91. The SMILES string of the molecule is N[C@H](c1ccc(Cl)cc1Br)[C@@H](O)Cc1ccccc1. The van der Waals surface area contributed by atoms with Gasteiger partial charge in [-0.25, -0.2) is 0 Å². The summed E-state index contributed by atoms with van der Waals surface area (Å²) in [5, 5.41) is 10.9. The lowest BCUT2D eigenvalue weighted by atomic mass is 9.97. The van der Waals surface area contributed by atoms with E-state index in [1.807, 2.05) is 36.4 Å². The van der Waals surface area contributed by atoms with Crippen LogP contribution in [0.2, 0.25) is 5.02 Å². The first-order valence-corrected chi connectivity index (χ1v) is 7.17. The van der Waals surface area contributed by atoms with Crippen molar-refractivity contribution >= 4 is 27.5 Å². The summed E-state index contributed by atoms with van der Waals surface area (Å²) in [6.07, 6.45) is -0.114. The van der Waals surface area contributed by atoms with E-state index in [1.54, 1.807) is 12.1 Å². The van der Waals surface area contributed by atoms with Crippen LogP contribution in [0.4, 0.5) is 0 Å². The van der Waals surface area contributed by atoms with Crippen LogP contribution in [0.15, 0.2) is 53.0 Å². The zero-order chi connectivity index (χ0) is 13.8. The predicted molar refractivity (Wildman–Crippen MR) is 82.2 cm³/mol. The minimum Gasteiger partial charge on any atom is -0.391 e. The molecule has 0 spiro atoms. The molecule has 2 aromatic carbocycles. The molecule has 2 aromatic rings. The van der Waals surface area contributed by atoms with Gasteiger partial charge in [0.2, 0.25) is 0 Å². The van der Waals surface area contributed by atoms with Gasteiger partial charge in [0.25, 0.3) is 0 Å². The molecule has 0 aromatic heterocycles. The highest BCUT2D eigenvalue weighted by Gasteiger charge is 2.19. The third kappa shape index (κ3) is 3.80. The second-order valence-electron chi connectivity index (χ2n) is 4.45. The number of halogens is 2. The van der Waals surface area contributed by atoms with E-state index in [1.165, 1.54) is 0 Å². The molecule has 2 atom stereocenters. The lowest BCUT2D eigenvalue weighted by Crippen LogP contribution is -2.28. The van der Waals surface area contributed by atoms with Crippen molar-refractivity contribution in [3.8, 4) is 0 Å². The Kier molecular flexibility index (Phi) is 4.99. The lowest BCUT2D eigenvalue weighted by Gasteiger charge is -2.20. The number of aliphatic hydroxyl groups is 1.